The molecule has 1 aromatic carbocycles. The van der Waals surface area contributed by atoms with E-state index in [1.54, 1.807) is 11.3 Å². The fourth-order valence-corrected chi connectivity index (χ4v) is 2.66. The summed E-state index contributed by atoms with van der Waals surface area (Å²) in [5.41, 5.74) is 3.32. The largest absolute Gasteiger partial charge is 0.365 e. The summed E-state index contributed by atoms with van der Waals surface area (Å²) in [5.74, 6) is 0. The van der Waals surface area contributed by atoms with Gasteiger partial charge in [-0.05, 0) is 18.6 Å². The lowest BCUT2D eigenvalue weighted by Gasteiger charge is -1.94. The lowest BCUT2D eigenvalue weighted by molar-refractivity contribution is 1.12. The minimum absolute atomic E-state index is 0.946. The van der Waals surface area contributed by atoms with E-state index < -0.39 is 0 Å². The van der Waals surface area contributed by atoms with Gasteiger partial charge < -0.3 is 5.32 Å². The third kappa shape index (κ3) is 1.13. The first-order valence-corrected chi connectivity index (χ1v) is 5.52. The van der Waals surface area contributed by atoms with Crippen LogP contribution in [0.1, 0.15) is 5.56 Å². The molecular formula is C10H10N4S. The van der Waals surface area contributed by atoms with Crippen LogP contribution in [0.2, 0.25) is 0 Å². The number of anilines is 1. The van der Waals surface area contributed by atoms with Crippen LogP contribution in [0.25, 0.3) is 21.1 Å². The van der Waals surface area contributed by atoms with Crippen LogP contribution in [-0.2, 0) is 0 Å². The molecule has 0 radical (unpaired) electrons. The normalized spacial score (nSPS) is 11.3. The van der Waals surface area contributed by atoms with Crippen LogP contribution in [0.5, 0.6) is 0 Å². The fourth-order valence-electron chi connectivity index (χ4n) is 1.75. The Labute approximate surface area is 90.3 Å². The van der Waals surface area contributed by atoms with Gasteiger partial charge in [0.25, 0.3) is 0 Å². The number of aryl methyl sites for hydroxylation is 1. The van der Waals surface area contributed by atoms with Crippen molar-refractivity contribution in [2.24, 2.45) is 0 Å². The molecule has 0 fully saturated rings. The Hall–Kier alpha value is -1.62. The SMILES string of the molecule is CNc1nc2c(s1)c(C)cc1[nH]ncc12. The summed E-state index contributed by atoms with van der Waals surface area (Å²) in [6.07, 6.45) is 1.83. The zero-order chi connectivity index (χ0) is 10.4. The maximum absolute atomic E-state index is 4.54. The lowest BCUT2D eigenvalue weighted by atomic mass is 10.1. The average molecular weight is 218 g/mol. The lowest BCUT2D eigenvalue weighted by Crippen LogP contribution is -1.84. The van der Waals surface area contributed by atoms with E-state index in [4.69, 9.17) is 0 Å². The number of thiazole rings is 1. The topological polar surface area (TPSA) is 53.6 Å². The summed E-state index contributed by atoms with van der Waals surface area (Å²) in [7, 11) is 1.89. The monoisotopic (exact) mass is 218 g/mol. The average Bonchev–Trinajstić information content (AvgIpc) is 2.81. The van der Waals surface area contributed by atoms with Gasteiger partial charge in [-0.3, -0.25) is 5.10 Å². The molecule has 0 aliphatic rings. The molecule has 2 heterocycles. The second kappa shape index (κ2) is 2.93. The molecule has 0 unspecified atom stereocenters. The van der Waals surface area contributed by atoms with E-state index in [2.05, 4.69) is 33.5 Å². The highest BCUT2D eigenvalue weighted by Crippen LogP contribution is 2.33. The van der Waals surface area contributed by atoms with E-state index in [1.165, 1.54) is 10.3 Å². The molecule has 0 amide bonds. The quantitative estimate of drug-likeness (QED) is 0.660. The molecule has 0 saturated carbocycles. The molecular weight excluding hydrogens is 208 g/mol. The van der Waals surface area contributed by atoms with Crippen molar-refractivity contribution in [3.63, 3.8) is 0 Å². The van der Waals surface area contributed by atoms with Gasteiger partial charge in [-0.25, -0.2) is 4.98 Å². The Balaban J connectivity index is 2.53. The molecule has 3 rings (SSSR count). The molecule has 2 aromatic heterocycles. The van der Waals surface area contributed by atoms with Gasteiger partial charge in [0, 0.05) is 12.4 Å². The van der Waals surface area contributed by atoms with Crippen LogP contribution < -0.4 is 5.32 Å². The summed E-state index contributed by atoms with van der Waals surface area (Å²) < 4.78 is 1.23. The zero-order valence-corrected chi connectivity index (χ0v) is 9.27. The number of aromatic amines is 1. The maximum atomic E-state index is 4.54. The van der Waals surface area contributed by atoms with E-state index >= 15 is 0 Å². The number of fused-ring (bicyclic) bond motifs is 3. The number of benzene rings is 1. The number of nitrogens with zero attached hydrogens (tertiary/aromatic N) is 2. The first kappa shape index (κ1) is 8.67. The highest BCUT2D eigenvalue weighted by atomic mass is 32.1. The summed E-state index contributed by atoms with van der Waals surface area (Å²) in [4.78, 5) is 4.54. The highest BCUT2D eigenvalue weighted by molar-refractivity contribution is 7.22. The van der Waals surface area contributed by atoms with Crippen molar-refractivity contribution < 1.29 is 0 Å². The van der Waals surface area contributed by atoms with Gasteiger partial charge in [0.15, 0.2) is 5.13 Å². The van der Waals surface area contributed by atoms with Gasteiger partial charge in [-0.2, -0.15) is 5.10 Å². The molecule has 0 aliphatic heterocycles. The maximum Gasteiger partial charge on any atom is 0.183 e. The van der Waals surface area contributed by atoms with Gasteiger partial charge in [0.05, 0.1) is 21.9 Å². The Morgan fingerprint density at radius 3 is 3.13 bits per heavy atom. The van der Waals surface area contributed by atoms with Crippen LogP contribution in [0, 0.1) is 6.92 Å². The molecule has 5 heteroatoms. The van der Waals surface area contributed by atoms with Gasteiger partial charge >= 0.3 is 0 Å². The Morgan fingerprint density at radius 1 is 1.47 bits per heavy atom. The van der Waals surface area contributed by atoms with E-state index in [-0.39, 0.29) is 0 Å². The second-order valence-corrected chi connectivity index (χ2v) is 4.47. The Bertz CT molecular complexity index is 637. The van der Waals surface area contributed by atoms with Crippen LogP contribution >= 0.6 is 11.3 Å². The van der Waals surface area contributed by atoms with Crippen molar-refractivity contribution in [2.45, 2.75) is 6.92 Å². The molecule has 2 N–H and O–H groups in total. The van der Waals surface area contributed by atoms with Gasteiger partial charge in [-0.1, -0.05) is 11.3 Å². The standard InChI is InChI=1S/C10H10N4S/c1-5-3-7-6(4-12-14-7)8-9(5)15-10(11-2)13-8/h3-4H,1-2H3,(H,11,13)(H,12,14). The summed E-state index contributed by atoms with van der Waals surface area (Å²) in [6.45, 7) is 2.10. The van der Waals surface area contributed by atoms with E-state index in [0.29, 0.717) is 0 Å². The number of aromatic nitrogens is 3. The van der Waals surface area contributed by atoms with Crippen molar-refractivity contribution in [1.82, 2.24) is 15.2 Å². The third-order valence-corrected chi connectivity index (χ3v) is 3.69. The Morgan fingerprint density at radius 2 is 2.33 bits per heavy atom. The summed E-state index contributed by atoms with van der Waals surface area (Å²) in [6, 6.07) is 2.11. The smallest absolute Gasteiger partial charge is 0.183 e. The zero-order valence-electron chi connectivity index (χ0n) is 8.46. The predicted molar refractivity (Wildman–Crippen MR) is 63.6 cm³/mol. The second-order valence-electron chi connectivity index (χ2n) is 3.47. The number of hydrogen-bond acceptors (Lipinski definition) is 4. The molecule has 4 nitrogen and oxygen atoms in total. The van der Waals surface area contributed by atoms with Crippen molar-refractivity contribution in [3.05, 3.63) is 17.8 Å². The Kier molecular flexibility index (Phi) is 1.70. The molecule has 0 saturated heterocycles. The molecule has 0 spiro atoms. The van der Waals surface area contributed by atoms with Gasteiger partial charge in [0.1, 0.15) is 0 Å². The van der Waals surface area contributed by atoms with E-state index in [0.717, 1.165) is 21.6 Å². The first-order chi connectivity index (χ1) is 7.29. The van der Waals surface area contributed by atoms with Gasteiger partial charge in [0.2, 0.25) is 0 Å². The predicted octanol–water partition coefficient (Wildman–Crippen LogP) is 2.52. The molecule has 76 valence electrons. The van der Waals surface area contributed by atoms with Crippen LogP contribution in [-0.4, -0.2) is 22.2 Å². The molecule has 0 atom stereocenters. The first-order valence-electron chi connectivity index (χ1n) is 4.70. The van der Waals surface area contributed by atoms with Gasteiger partial charge in [-0.15, -0.1) is 0 Å². The fraction of sp³-hybridized carbons (Fsp3) is 0.200. The van der Waals surface area contributed by atoms with Crippen molar-refractivity contribution in [1.29, 1.82) is 0 Å². The van der Waals surface area contributed by atoms with Crippen LogP contribution in [0.15, 0.2) is 12.3 Å². The highest BCUT2D eigenvalue weighted by Gasteiger charge is 2.10. The summed E-state index contributed by atoms with van der Waals surface area (Å²) >= 11 is 1.68. The minimum atomic E-state index is 0.946. The van der Waals surface area contributed by atoms with E-state index in [1.807, 2.05) is 13.2 Å². The van der Waals surface area contributed by atoms with Crippen molar-refractivity contribution in [3.8, 4) is 0 Å². The van der Waals surface area contributed by atoms with Crippen LogP contribution in [0.4, 0.5) is 5.13 Å². The minimum Gasteiger partial charge on any atom is -0.365 e. The number of nitrogens with one attached hydrogen (secondary N) is 2. The van der Waals surface area contributed by atoms with Crippen molar-refractivity contribution >= 4 is 37.6 Å². The molecule has 0 bridgehead atoms. The summed E-state index contributed by atoms with van der Waals surface area (Å²) in [5, 5.41) is 12.1. The molecule has 15 heavy (non-hydrogen) atoms. The third-order valence-electron chi connectivity index (χ3n) is 2.48. The van der Waals surface area contributed by atoms with E-state index in [9.17, 15) is 0 Å². The number of H-pyrrole nitrogens is 1. The number of rotatable bonds is 1. The molecule has 0 aliphatic carbocycles. The van der Waals surface area contributed by atoms with Crippen molar-refractivity contribution in [2.75, 3.05) is 12.4 Å². The van der Waals surface area contributed by atoms with Crippen LogP contribution in [0.3, 0.4) is 0 Å². The molecule has 3 aromatic rings. The number of hydrogen-bond donors (Lipinski definition) is 2.